The van der Waals surface area contributed by atoms with Crippen LogP contribution in [0.3, 0.4) is 0 Å². The maximum absolute atomic E-state index is 12.0. The van der Waals surface area contributed by atoms with Gasteiger partial charge in [-0.1, -0.05) is 0 Å². The summed E-state index contributed by atoms with van der Waals surface area (Å²) in [5.74, 6) is -0.256. The third kappa shape index (κ3) is 5.17. The van der Waals surface area contributed by atoms with Gasteiger partial charge in [-0.2, -0.15) is 0 Å². The first-order chi connectivity index (χ1) is 12.0. The van der Waals surface area contributed by atoms with E-state index in [1.165, 1.54) is 18.2 Å². The number of anilines is 2. The first kappa shape index (κ1) is 18.2. The van der Waals surface area contributed by atoms with Gasteiger partial charge in [-0.05, 0) is 61.9 Å². The lowest BCUT2D eigenvalue weighted by molar-refractivity contribution is -0.384. The highest BCUT2D eigenvalue weighted by Crippen LogP contribution is 2.18. The van der Waals surface area contributed by atoms with Crippen molar-refractivity contribution in [2.45, 2.75) is 13.8 Å². The van der Waals surface area contributed by atoms with Crippen LogP contribution in [0.5, 0.6) is 0 Å². The summed E-state index contributed by atoms with van der Waals surface area (Å²) in [6, 6.07) is 13.7. The number of carbonyl (C=O) groups is 1. The van der Waals surface area contributed by atoms with E-state index in [9.17, 15) is 14.9 Å². The molecule has 0 saturated carbocycles. The Balaban J connectivity index is 1.96. The maximum Gasteiger partial charge on any atom is 0.269 e. The first-order valence-corrected chi connectivity index (χ1v) is 8.12. The third-order valence-electron chi connectivity index (χ3n) is 3.79. The second-order valence-electron chi connectivity index (χ2n) is 5.39. The van der Waals surface area contributed by atoms with Crippen molar-refractivity contribution in [3.63, 3.8) is 0 Å². The van der Waals surface area contributed by atoms with Crippen molar-refractivity contribution in [2.24, 2.45) is 0 Å². The standard InChI is InChI=1S/C19H21N3O3/c1-3-21(4-2)17-12-8-16(9-13-17)20-19(23)14-7-15-5-10-18(11-6-15)22(24)25/h5-14H,3-4H2,1-2H3,(H,20,23)/b14-7+. The lowest BCUT2D eigenvalue weighted by Gasteiger charge is -2.21. The summed E-state index contributed by atoms with van der Waals surface area (Å²) in [4.78, 5) is 24.3. The van der Waals surface area contributed by atoms with Gasteiger partial charge < -0.3 is 10.2 Å². The van der Waals surface area contributed by atoms with Crippen LogP contribution < -0.4 is 10.2 Å². The number of benzene rings is 2. The molecule has 0 spiro atoms. The molecule has 0 unspecified atom stereocenters. The van der Waals surface area contributed by atoms with Crippen molar-refractivity contribution < 1.29 is 9.72 Å². The summed E-state index contributed by atoms with van der Waals surface area (Å²) < 4.78 is 0. The number of nitrogens with one attached hydrogen (secondary N) is 1. The minimum Gasteiger partial charge on any atom is -0.372 e. The van der Waals surface area contributed by atoms with Crippen molar-refractivity contribution in [1.82, 2.24) is 0 Å². The molecule has 0 aliphatic rings. The molecule has 130 valence electrons. The summed E-state index contributed by atoms with van der Waals surface area (Å²) in [7, 11) is 0. The predicted octanol–water partition coefficient (Wildman–Crippen LogP) is 4.09. The van der Waals surface area contributed by atoms with E-state index in [-0.39, 0.29) is 11.6 Å². The fraction of sp³-hybridized carbons (Fsp3) is 0.211. The Morgan fingerprint density at radius 1 is 1.08 bits per heavy atom. The molecule has 0 saturated heterocycles. The lowest BCUT2D eigenvalue weighted by atomic mass is 10.2. The number of nitrogens with zero attached hydrogens (tertiary/aromatic N) is 2. The van der Waals surface area contributed by atoms with Gasteiger partial charge in [-0.25, -0.2) is 0 Å². The Hall–Kier alpha value is -3.15. The van der Waals surface area contributed by atoms with Gasteiger partial charge in [0.15, 0.2) is 0 Å². The summed E-state index contributed by atoms with van der Waals surface area (Å²) in [5, 5.41) is 13.4. The Morgan fingerprint density at radius 3 is 2.20 bits per heavy atom. The minimum atomic E-state index is -0.456. The molecule has 6 heteroatoms. The highest BCUT2D eigenvalue weighted by atomic mass is 16.6. The number of nitro groups is 1. The monoisotopic (exact) mass is 339 g/mol. The van der Waals surface area contributed by atoms with Crippen LogP contribution in [0.2, 0.25) is 0 Å². The molecule has 1 amide bonds. The number of nitro benzene ring substituents is 1. The van der Waals surface area contributed by atoms with Crippen LogP contribution in [-0.4, -0.2) is 23.9 Å². The summed E-state index contributed by atoms with van der Waals surface area (Å²) in [6.07, 6.45) is 3.02. The molecule has 0 aliphatic carbocycles. The summed E-state index contributed by atoms with van der Waals surface area (Å²) >= 11 is 0. The highest BCUT2D eigenvalue weighted by molar-refractivity contribution is 6.02. The van der Waals surface area contributed by atoms with Crippen molar-refractivity contribution in [1.29, 1.82) is 0 Å². The molecule has 25 heavy (non-hydrogen) atoms. The van der Waals surface area contributed by atoms with Gasteiger partial charge in [0.05, 0.1) is 4.92 Å². The molecule has 0 radical (unpaired) electrons. The zero-order chi connectivity index (χ0) is 18.2. The van der Waals surface area contributed by atoms with E-state index in [1.54, 1.807) is 18.2 Å². The van der Waals surface area contributed by atoms with Crippen molar-refractivity contribution in [2.75, 3.05) is 23.3 Å². The molecule has 2 rings (SSSR count). The molecule has 6 nitrogen and oxygen atoms in total. The average molecular weight is 339 g/mol. The molecule has 0 atom stereocenters. The molecule has 0 aliphatic heterocycles. The third-order valence-corrected chi connectivity index (χ3v) is 3.79. The smallest absolute Gasteiger partial charge is 0.269 e. The van der Waals surface area contributed by atoms with E-state index in [1.807, 2.05) is 24.3 Å². The van der Waals surface area contributed by atoms with Gasteiger partial charge >= 0.3 is 0 Å². The Morgan fingerprint density at radius 2 is 1.68 bits per heavy atom. The fourth-order valence-electron chi connectivity index (χ4n) is 2.41. The number of carbonyl (C=O) groups excluding carboxylic acids is 1. The first-order valence-electron chi connectivity index (χ1n) is 8.12. The molecule has 0 heterocycles. The van der Waals surface area contributed by atoms with Crippen LogP contribution in [0.4, 0.5) is 17.1 Å². The van der Waals surface area contributed by atoms with Crippen LogP contribution in [0.25, 0.3) is 6.08 Å². The van der Waals surface area contributed by atoms with E-state index >= 15 is 0 Å². The molecule has 0 fully saturated rings. The zero-order valence-electron chi connectivity index (χ0n) is 14.3. The molecule has 2 aromatic carbocycles. The van der Waals surface area contributed by atoms with E-state index in [4.69, 9.17) is 0 Å². The fourth-order valence-corrected chi connectivity index (χ4v) is 2.41. The molecule has 2 aromatic rings. The van der Waals surface area contributed by atoms with Gasteiger partial charge in [0, 0.05) is 42.7 Å². The van der Waals surface area contributed by atoms with Gasteiger partial charge in [-0.15, -0.1) is 0 Å². The van der Waals surface area contributed by atoms with Gasteiger partial charge in [0.1, 0.15) is 0 Å². The van der Waals surface area contributed by atoms with Gasteiger partial charge in [0.25, 0.3) is 5.69 Å². The van der Waals surface area contributed by atoms with E-state index in [0.717, 1.165) is 24.3 Å². The van der Waals surface area contributed by atoms with Crippen molar-refractivity contribution in [3.05, 3.63) is 70.3 Å². The number of rotatable bonds is 7. The molecule has 1 N–H and O–H groups in total. The van der Waals surface area contributed by atoms with E-state index in [2.05, 4.69) is 24.1 Å². The highest BCUT2D eigenvalue weighted by Gasteiger charge is 2.04. The molecular weight excluding hydrogens is 318 g/mol. The van der Waals surface area contributed by atoms with Crippen LogP contribution in [0, 0.1) is 10.1 Å². The maximum atomic E-state index is 12.0. The normalized spacial score (nSPS) is 10.6. The van der Waals surface area contributed by atoms with Gasteiger partial charge in [-0.3, -0.25) is 14.9 Å². The largest absolute Gasteiger partial charge is 0.372 e. The number of non-ortho nitro benzene ring substituents is 1. The van der Waals surface area contributed by atoms with Gasteiger partial charge in [0.2, 0.25) is 5.91 Å². The van der Waals surface area contributed by atoms with Crippen LogP contribution in [0.1, 0.15) is 19.4 Å². The number of amides is 1. The average Bonchev–Trinajstić information content (AvgIpc) is 2.63. The Kier molecular flexibility index (Phi) is 6.28. The SMILES string of the molecule is CCN(CC)c1ccc(NC(=O)/C=C/c2ccc([N+](=O)[O-])cc2)cc1. The second kappa shape index (κ2) is 8.63. The van der Waals surface area contributed by atoms with Crippen molar-refractivity contribution >= 4 is 29.0 Å². The number of hydrogen-bond donors (Lipinski definition) is 1. The Bertz CT molecular complexity index is 748. The topological polar surface area (TPSA) is 75.5 Å². The predicted molar refractivity (Wildman–Crippen MR) is 101 cm³/mol. The van der Waals surface area contributed by atoms with E-state index in [0.29, 0.717) is 5.69 Å². The molecule has 0 bridgehead atoms. The van der Waals surface area contributed by atoms with Crippen LogP contribution in [-0.2, 0) is 4.79 Å². The molecule has 0 aromatic heterocycles. The number of hydrogen-bond acceptors (Lipinski definition) is 4. The van der Waals surface area contributed by atoms with E-state index < -0.39 is 4.92 Å². The van der Waals surface area contributed by atoms with Crippen molar-refractivity contribution in [3.8, 4) is 0 Å². The summed E-state index contributed by atoms with van der Waals surface area (Å²) in [5.41, 5.74) is 2.58. The van der Waals surface area contributed by atoms with Crippen LogP contribution >= 0.6 is 0 Å². The second-order valence-corrected chi connectivity index (χ2v) is 5.39. The van der Waals surface area contributed by atoms with Crippen LogP contribution in [0.15, 0.2) is 54.6 Å². The Labute approximate surface area is 146 Å². The quantitative estimate of drug-likeness (QED) is 0.468. The zero-order valence-corrected chi connectivity index (χ0v) is 14.3. The minimum absolute atomic E-state index is 0.0230. The molecular formula is C19H21N3O3. The summed E-state index contributed by atoms with van der Waals surface area (Å²) in [6.45, 7) is 6.06. The lowest BCUT2D eigenvalue weighted by Crippen LogP contribution is -2.21.